The Morgan fingerprint density at radius 3 is 2.44 bits per heavy atom. The van der Waals surface area contributed by atoms with E-state index < -0.39 is 12.2 Å². The van der Waals surface area contributed by atoms with E-state index in [1.807, 2.05) is 36.9 Å². The highest BCUT2D eigenvalue weighted by Crippen LogP contribution is 2.22. The van der Waals surface area contributed by atoms with E-state index in [9.17, 15) is 18.4 Å². The number of hydrogen-bond donors (Lipinski definition) is 2. The molecule has 32 heavy (non-hydrogen) atoms. The number of aromatic nitrogens is 2. The molecule has 2 heterocycles. The van der Waals surface area contributed by atoms with Gasteiger partial charge in [-0.1, -0.05) is 18.2 Å². The zero-order valence-electron chi connectivity index (χ0n) is 18.0. The number of para-hydroxylation sites is 1. The van der Waals surface area contributed by atoms with Gasteiger partial charge in [-0.2, -0.15) is 0 Å². The van der Waals surface area contributed by atoms with E-state index in [1.54, 1.807) is 23.1 Å². The summed E-state index contributed by atoms with van der Waals surface area (Å²) < 4.78 is 25.7. The number of halogens is 2. The molecule has 2 N–H and O–H groups in total. The van der Waals surface area contributed by atoms with E-state index in [2.05, 4.69) is 15.3 Å². The molecule has 0 atom stereocenters. The lowest BCUT2D eigenvalue weighted by atomic mass is 10.1. The van der Waals surface area contributed by atoms with Gasteiger partial charge in [-0.3, -0.25) is 14.5 Å². The largest absolute Gasteiger partial charge is 0.337 e. The van der Waals surface area contributed by atoms with Crippen molar-refractivity contribution in [1.82, 2.24) is 19.8 Å². The van der Waals surface area contributed by atoms with Crippen LogP contribution in [0.25, 0.3) is 11.0 Å². The Morgan fingerprint density at radius 2 is 1.78 bits per heavy atom. The van der Waals surface area contributed by atoms with Crippen molar-refractivity contribution in [3.8, 4) is 0 Å². The molecule has 0 aliphatic carbocycles. The average Bonchev–Trinajstić information content (AvgIpc) is 3.20. The maximum absolute atomic E-state index is 12.9. The van der Waals surface area contributed by atoms with Crippen LogP contribution in [0.15, 0.2) is 36.4 Å². The van der Waals surface area contributed by atoms with Gasteiger partial charge in [-0.25, -0.2) is 13.8 Å². The number of carbonyl (C=O) groups excluding carboxylic acids is 2. The minimum Gasteiger partial charge on any atom is -0.337 e. The first kappa shape index (κ1) is 21.9. The van der Waals surface area contributed by atoms with Gasteiger partial charge in [0.25, 0.3) is 12.3 Å². The molecule has 7 nitrogen and oxygen atoms in total. The first-order chi connectivity index (χ1) is 15.3. The van der Waals surface area contributed by atoms with Crippen molar-refractivity contribution in [3.05, 3.63) is 58.9 Å². The highest BCUT2D eigenvalue weighted by Gasteiger charge is 2.24. The predicted molar refractivity (Wildman–Crippen MR) is 118 cm³/mol. The van der Waals surface area contributed by atoms with E-state index in [4.69, 9.17) is 0 Å². The lowest BCUT2D eigenvalue weighted by Crippen LogP contribution is -2.50. The van der Waals surface area contributed by atoms with Crippen LogP contribution in [-0.4, -0.2) is 64.3 Å². The lowest BCUT2D eigenvalue weighted by Gasteiger charge is -2.34. The van der Waals surface area contributed by atoms with Crippen LogP contribution < -0.4 is 5.32 Å². The number of benzene rings is 2. The second-order valence-electron chi connectivity index (χ2n) is 8.04. The number of imidazole rings is 1. The van der Waals surface area contributed by atoms with Crippen LogP contribution >= 0.6 is 0 Å². The number of aromatic amines is 1. The van der Waals surface area contributed by atoms with Crippen molar-refractivity contribution >= 4 is 28.5 Å². The first-order valence-corrected chi connectivity index (χ1v) is 10.5. The van der Waals surface area contributed by atoms with Crippen molar-refractivity contribution < 1.29 is 18.4 Å². The molecule has 1 fully saturated rings. The number of H-pyrrole nitrogens is 1. The van der Waals surface area contributed by atoms with E-state index in [1.165, 1.54) is 0 Å². The average molecular weight is 441 g/mol. The summed E-state index contributed by atoms with van der Waals surface area (Å²) in [6.07, 6.45) is -2.69. The molecule has 1 saturated heterocycles. The van der Waals surface area contributed by atoms with Gasteiger partial charge in [-0.05, 0) is 43.2 Å². The maximum atomic E-state index is 12.9. The summed E-state index contributed by atoms with van der Waals surface area (Å²) in [4.78, 5) is 35.5. The Kier molecular flexibility index (Phi) is 6.18. The summed E-state index contributed by atoms with van der Waals surface area (Å²) in [5.74, 6) is -0.654. The molecule has 2 aromatic carbocycles. The van der Waals surface area contributed by atoms with Gasteiger partial charge in [-0.15, -0.1) is 0 Å². The fourth-order valence-corrected chi connectivity index (χ4v) is 3.95. The van der Waals surface area contributed by atoms with Crippen LogP contribution in [0.1, 0.15) is 33.7 Å². The molecule has 4 rings (SSSR count). The Labute approximate surface area is 184 Å². The molecule has 1 aliphatic heterocycles. The molecule has 0 saturated carbocycles. The number of piperazine rings is 1. The van der Waals surface area contributed by atoms with Crippen molar-refractivity contribution in [1.29, 1.82) is 0 Å². The lowest BCUT2D eigenvalue weighted by molar-refractivity contribution is -0.117. The van der Waals surface area contributed by atoms with Crippen molar-refractivity contribution in [3.63, 3.8) is 0 Å². The summed E-state index contributed by atoms with van der Waals surface area (Å²) in [6.45, 7) is 6.30. The molecule has 0 unspecified atom stereocenters. The predicted octanol–water partition coefficient (Wildman–Crippen LogP) is 3.51. The number of nitrogens with zero attached hydrogens (tertiary/aromatic N) is 3. The van der Waals surface area contributed by atoms with Crippen molar-refractivity contribution in [2.24, 2.45) is 0 Å². The molecular formula is C23H25F2N5O2. The topological polar surface area (TPSA) is 81.3 Å². The molecule has 9 heteroatoms. The fourth-order valence-electron chi connectivity index (χ4n) is 3.95. The maximum Gasteiger partial charge on any atom is 0.295 e. The Hall–Kier alpha value is -3.33. The van der Waals surface area contributed by atoms with E-state index in [0.717, 1.165) is 16.8 Å². The van der Waals surface area contributed by atoms with Crippen LogP contribution in [0.5, 0.6) is 0 Å². The molecule has 1 aromatic heterocycles. The van der Waals surface area contributed by atoms with Crippen LogP contribution in [0.3, 0.4) is 0 Å². The van der Waals surface area contributed by atoms with E-state index >= 15 is 0 Å². The number of nitrogens with one attached hydrogen (secondary N) is 2. The molecular weight excluding hydrogens is 416 g/mol. The normalized spacial score (nSPS) is 14.8. The number of anilines is 1. The van der Waals surface area contributed by atoms with Crippen LogP contribution in [0.4, 0.5) is 14.5 Å². The fraction of sp³-hybridized carbons (Fsp3) is 0.348. The van der Waals surface area contributed by atoms with Gasteiger partial charge in [0.15, 0.2) is 5.82 Å². The number of alkyl halides is 2. The van der Waals surface area contributed by atoms with Crippen LogP contribution in [0.2, 0.25) is 0 Å². The number of hydrogen-bond acceptors (Lipinski definition) is 4. The van der Waals surface area contributed by atoms with Gasteiger partial charge in [0.05, 0.1) is 17.6 Å². The summed E-state index contributed by atoms with van der Waals surface area (Å²) in [5, 5.41) is 2.99. The number of aryl methyl sites for hydroxylation is 2. The number of rotatable bonds is 5. The molecule has 3 aromatic rings. The quantitative estimate of drug-likeness (QED) is 0.635. The third kappa shape index (κ3) is 4.62. The number of carbonyl (C=O) groups is 2. The summed E-state index contributed by atoms with van der Waals surface area (Å²) >= 11 is 0. The minimum absolute atomic E-state index is 0.0818. The second kappa shape index (κ2) is 9.04. The van der Waals surface area contributed by atoms with E-state index in [0.29, 0.717) is 42.8 Å². The molecule has 2 amide bonds. The summed E-state index contributed by atoms with van der Waals surface area (Å²) in [7, 11) is 0. The van der Waals surface area contributed by atoms with Gasteiger partial charge in [0, 0.05) is 37.4 Å². The number of fused-ring (bicyclic) bond motifs is 1. The highest BCUT2D eigenvalue weighted by molar-refractivity contribution is 5.97. The Balaban J connectivity index is 1.33. The Morgan fingerprint density at radius 1 is 1.09 bits per heavy atom. The van der Waals surface area contributed by atoms with Gasteiger partial charge < -0.3 is 15.2 Å². The third-order valence-corrected chi connectivity index (χ3v) is 5.73. The smallest absolute Gasteiger partial charge is 0.295 e. The molecule has 0 radical (unpaired) electrons. The SMILES string of the molecule is Cc1cccc(C)c1NC(=O)CN1CCN(C(=O)c2ccc3nc(C(F)F)[nH]c3c2)CC1. The first-order valence-electron chi connectivity index (χ1n) is 10.5. The number of amides is 2. The van der Waals surface area contributed by atoms with Gasteiger partial charge in [0.2, 0.25) is 5.91 Å². The van der Waals surface area contributed by atoms with Gasteiger partial charge in [0.1, 0.15) is 0 Å². The highest BCUT2D eigenvalue weighted by atomic mass is 19.3. The molecule has 168 valence electrons. The molecule has 0 bridgehead atoms. The Bertz CT molecular complexity index is 1130. The monoisotopic (exact) mass is 441 g/mol. The second-order valence-corrected chi connectivity index (χ2v) is 8.04. The third-order valence-electron chi connectivity index (χ3n) is 5.73. The van der Waals surface area contributed by atoms with Crippen molar-refractivity contribution in [2.45, 2.75) is 20.3 Å². The van der Waals surface area contributed by atoms with Crippen molar-refractivity contribution in [2.75, 3.05) is 38.0 Å². The van der Waals surface area contributed by atoms with Gasteiger partial charge >= 0.3 is 0 Å². The summed E-state index contributed by atoms with van der Waals surface area (Å²) in [5.41, 5.74) is 4.11. The standard InChI is InChI=1S/C23H25F2N5O2/c1-14-4-3-5-15(2)20(14)28-19(31)13-29-8-10-30(11-9-29)23(32)16-6-7-17-18(12-16)27-22(26-17)21(24)25/h3-7,12,21H,8-11,13H2,1-2H3,(H,26,27)(H,28,31). The zero-order valence-corrected chi connectivity index (χ0v) is 18.0. The zero-order chi connectivity index (χ0) is 22.8. The van der Waals surface area contributed by atoms with Crippen LogP contribution in [-0.2, 0) is 4.79 Å². The summed E-state index contributed by atoms with van der Waals surface area (Å²) in [6, 6.07) is 10.6. The minimum atomic E-state index is -2.69. The van der Waals surface area contributed by atoms with Crippen LogP contribution in [0, 0.1) is 13.8 Å². The molecule has 1 aliphatic rings. The molecule has 0 spiro atoms. The van der Waals surface area contributed by atoms with E-state index in [-0.39, 0.29) is 18.4 Å².